The van der Waals surface area contributed by atoms with E-state index in [2.05, 4.69) is 12.2 Å². The second-order valence-corrected chi connectivity index (χ2v) is 5.40. The predicted octanol–water partition coefficient (Wildman–Crippen LogP) is 1.00. The fraction of sp³-hybridized carbons (Fsp3) is 0.750. The Bertz CT molecular complexity index is 346. The lowest BCUT2D eigenvalue weighted by Gasteiger charge is -2.63. The van der Waals surface area contributed by atoms with Crippen LogP contribution in [-0.2, 0) is 4.79 Å². The minimum absolute atomic E-state index is 0.125. The number of Topliss-reactive ketones (excluding diaryl/α,β-unsaturated/α-hetero) is 1. The minimum Gasteiger partial charge on any atom is -0.385 e. The van der Waals surface area contributed by atoms with Gasteiger partial charge in [-0.2, -0.15) is 0 Å². The van der Waals surface area contributed by atoms with E-state index in [1.165, 1.54) is 12.8 Å². The molecule has 2 nitrogen and oxygen atoms in total. The Hall–Kier alpha value is -0.630. The first-order chi connectivity index (χ1) is 6.79. The van der Waals surface area contributed by atoms with Gasteiger partial charge in [0.2, 0.25) is 0 Å². The molecule has 0 saturated heterocycles. The van der Waals surface area contributed by atoms with E-state index >= 15 is 0 Å². The largest absolute Gasteiger partial charge is 0.385 e. The van der Waals surface area contributed by atoms with Crippen molar-refractivity contribution >= 4 is 5.78 Å². The van der Waals surface area contributed by atoms with Crippen LogP contribution < -0.4 is 0 Å². The number of allylic oxidation sites excluding steroid dienone is 2. The maximum atomic E-state index is 11.6. The summed E-state index contributed by atoms with van der Waals surface area (Å²) in [4.78, 5) is 11.6. The van der Waals surface area contributed by atoms with Gasteiger partial charge < -0.3 is 5.11 Å². The van der Waals surface area contributed by atoms with Gasteiger partial charge in [0.15, 0.2) is 5.78 Å². The summed E-state index contributed by atoms with van der Waals surface area (Å²) in [6.45, 7) is 0. The lowest BCUT2D eigenvalue weighted by Crippen LogP contribution is -2.67. The molecule has 2 bridgehead atoms. The summed E-state index contributed by atoms with van der Waals surface area (Å²) in [6, 6.07) is 0. The maximum Gasteiger partial charge on any atom is 0.165 e. The third-order valence-electron chi connectivity index (χ3n) is 5.19. The van der Waals surface area contributed by atoms with Crippen LogP contribution in [0.15, 0.2) is 12.2 Å². The van der Waals surface area contributed by atoms with Crippen LogP contribution in [0.2, 0.25) is 0 Å². The summed E-state index contributed by atoms with van der Waals surface area (Å²) >= 11 is 0. The SMILES string of the molecule is O=C1C(O)C2C3C=CC(C4CCC34)C12. The van der Waals surface area contributed by atoms with Gasteiger partial charge in [0.05, 0.1) is 0 Å². The molecule has 0 amide bonds. The zero-order valence-electron chi connectivity index (χ0n) is 7.97. The second-order valence-electron chi connectivity index (χ2n) is 5.40. The van der Waals surface area contributed by atoms with Crippen molar-refractivity contribution in [1.29, 1.82) is 0 Å². The van der Waals surface area contributed by atoms with Gasteiger partial charge >= 0.3 is 0 Å². The van der Waals surface area contributed by atoms with Crippen LogP contribution >= 0.6 is 0 Å². The third kappa shape index (κ3) is 0.594. The van der Waals surface area contributed by atoms with Crippen LogP contribution in [-0.4, -0.2) is 17.0 Å². The van der Waals surface area contributed by atoms with Gasteiger partial charge in [-0.15, -0.1) is 0 Å². The Morgan fingerprint density at radius 2 is 1.79 bits per heavy atom. The molecule has 7 atom stereocenters. The molecular weight excluding hydrogens is 176 g/mol. The Balaban J connectivity index is 1.80. The summed E-state index contributed by atoms with van der Waals surface area (Å²) in [5.41, 5.74) is 0. The van der Waals surface area contributed by atoms with E-state index < -0.39 is 6.10 Å². The van der Waals surface area contributed by atoms with Crippen LogP contribution in [0, 0.1) is 35.5 Å². The molecule has 0 aromatic rings. The first kappa shape index (κ1) is 7.63. The zero-order chi connectivity index (χ0) is 9.45. The summed E-state index contributed by atoms with van der Waals surface area (Å²) in [5, 5.41) is 9.68. The topological polar surface area (TPSA) is 37.3 Å². The molecule has 0 aromatic carbocycles. The molecule has 0 spiro atoms. The van der Waals surface area contributed by atoms with E-state index in [9.17, 15) is 9.90 Å². The van der Waals surface area contributed by atoms with Crippen molar-refractivity contribution in [1.82, 2.24) is 0 Å². The van der Waals surface area contributed by atoms with Crippen molar-refractivity contribution in [2.24, 2.45) is 35.5 Å². The average molecular weight is 190 g/mol. The first-order valence-electron chi connectivity index (χ1n) is 5.69. The lowest BCUT2D eigenvalue weighted by atomic mass is 9.41. The van der Waals surface area contributed by atoms with E-state index in [4.69, 9.17) is 0 Å². The van der Waals surface area contributed by atoms with Crippen LogP contribution in [0.3, 0.4) is 0 Å². The molecule has 3 saturated carbocycles. The third-order valence-corrected chi connectivity index (χ3v) is 5.19. The van der Waals surface area contributed by atoms with Crippen molar-refractivity contribution in [2.45, 2.75) is 18.9 Å². The second kappa shape index (κ2) is 2.13. The van der Waals surface area contributed by atoms with Gasteiger partial charge in [-0.05, 0) is 36.5 Å². The number of rotatable bonds is 0. The minimum atomic E-state index is -0.626. The van der Waals surface area contributed by atoms with Crippen molar-refractivity contribution in [3.63, 3.8) is 0 Å². The van der Waals surface area contributed by atoms with Gasteiger partial charge in [0.1, 0.15) is 6.10 Å². The molecule has 2 heteroatoms. The van der Waals surface area contributed by atoms with Crippen molar-refractivity contribution in [3.8, 4) is 0 Å². The molecule has 74 valence electrons. The summed E-state index contributed by atoms with van der Waals surface area (Å²) in [5.74, 6) is 3.20. The summed E-state index contributed by atoms with van der Waals surface area (Å²) in [7, 11) is 0. The maximum absolute atomic E-state index is 11.6. The highest BCUT2D eigenvalue weighted by Gasteiger charge is 2.65. The predicted molar refractivity (Wildman–Crippen MR) is 50.3 cm³/mol. The van der Waals surface area contributed by atoms with E-state index in [0.29, 0.717) is 17.8 Å². The van der Waals surface area contributed by atoms with Crippen LogP contribution in [0.25, 0.3) is 0 Å². The van der Waals surface area contributed by atoms with Gasteiger partial charge in [-0.1, -0.05) is 12.2 Å². The van der Waals surface area contributed by atoms with Crippen LogP contribution in [0.1, 0.15) is 12.8 Å². The molecule has 0 heterocycles. The number of hydrogen-bond donors (Lipinski definition) is 1. The van der Waals surface area contributed by atoms with Gasteiger partial charge in [-0.3, -0.25) is 4.79 Å². The van der Waals surface area contributed by atoms with Gasteiger partial charge in [0.25, 0.3) is 0 Å². The fourth-order valence-corrected chi connectivity index (χ4v) is 4.40. The normalized spacial score (nSPS) is 62.6. The van der Waals surface area contributed by atoms with E-state index in [1.54, 1.807) is 0 Å². The average Bonchev–Trinajstić information content (AvgIpc) is 2.15. The van der Waals surface area contributed by atoms with Gasteiger partial charge in [-0.25, -0.2) is 0 Å². The standard InChI is InChI=1S/C12H14O2/c13-11-9-7-3-4-8(10(9)12(11)14)6-2-1-5(6)7/h3-11,13H,1-2H2. The van der Waals surface area contributed by atoms with Crippen molar-refractivity contribution in [3.05, 3.63) is 12.2 Å². The zero-order valence-corrected chi connectivity index (χ0v) is 7.97. The van der Waals surface area contributed by atoms with Crippen LogP contribution in [0.5, 0.6) is 0 Å². The fourth-order valence-electron chi connectivity index (χ4n) is 4.40. The molecule has 0 radical (unpaired) electrons. The lowest BCUT2D eigenvalue weighted by molar-refractivity contribution is -0.184. The molecule has 0 aromatic heterocycles. The monoisotopic (exact) mass is 190 g/mol. The number of carbonyl (C=O) groups is 1. The highest BCUT2D eigenvalue weighted by Crippen LogP contribution is 2.63. The number of carbonyl (C=O) groups excluding carboxylic acids is 1. The van der Waals surface area contributed by atoms with E-state index in [1.807, 2.05) is 0 Å². The van der Waals surface area contributed by atoms with Crippen molar-refractivity contribution in [2.75, 3.05) is 0 Å². The molecule has 7 unspecified atom stereocenters. The number of aliphatic hydroxyl groups excluding tert-OH is 1. The highest BCUT2D eigenvalue weighted by atomic mass is 16.3. The van der Waals surface area contributed by atoms with Gasteiger partial charge in [0, 0.05) is 11.8 Å². The molecule has 5 aliphatic rings. The van der Waals surface area contributed by atoms with Crippen molar-refractivity contribution < 1.29 is 9.90 Å². The Kier molecular flexibility index (Phi) is 1.16. The smallest absolute Gasteiger partial charge is 0.165 e. The molecule has 1 N–H and O–H groups in total. The number of aliphatic hydroxyl groups is 1. The molecule has 14 heavy (non-hydrogen) atoms. The van der Waals surface area contributed by atoms with Crippen LogP contribution in [0.4, 0.5) is 0 Å². The quantitative estimate of drug-likeness (QED) is 0.579. The Morgan fingerprint density at radius 1 is 1.14 bits per heavy atom. The number of hydrogen-bond acceptors (Lipinski definition) is 2. The summed E-state index contributed by atoms with van der Waals surface area (Å²) in [6.07, 6.45) is 6.54. The van der Waals surface area contributed by atoms with E-state index in [0.717, 1.165) is 11.8 Å². The molecule has 0 aliphatic heterocycles. The van der Waals surface area contributed by atoms with E-state index in [-0.39, 0.29) is 11.7 Å². The first-order valence-corrected chi connectivity index (χ1v) is 5.69. The summed E-state index contributed by atoms with van der Waals surface area (Å²) < 4.78 is 0. The molecule has 5 aliphatic carbocycles. The molecule has 5 rings (SSSR count). The number of ketones is 1. The Labute approximate surface area is 83.0 Å². The molecule has 3 fully saturated rings. The molecular formula is C12H14O2. The highest BCUT2D eigenvalue weighted by molar-refractivity contribution is 5.93. The Morgan fingerprint density at radius 3 is 2.50 bits per heavy atom.